The number of likely N-dealkylation sites (tertiary alicyclic amines) is 1. The number of aliphatic imine (C=N–C) groups is 1. The quantitative estimate of drug-likeness (QED) is 0.0203. The summed E-state index contributed by atoms with van der Waals surface area (Å²) < 4.78 is 0. The Kier molecular flexibility index (Phi) is 27.6. The van der Waals surface area contributed by atoms with Crippen LogP contribution in [0.3, 0.4) is 0 Å². The first-order valence-electron chi connectivity index (χ1n) is 24.5. The smallest absolute Gasteiger partial charge is 0.245 e. The second-order valence-electron chi connectivity index (χ2n) is 18.4. The minimum Gasteiger partial charge on any atom is -0.391 e. The maximum absolute atomic E-state index is 14.2. The Morgan fingerprint density at radius 1 is 0.686 bits per heavy atom. The van der Waals surface area contributed by atoms with Gasteiger partial charge in [-0.25, -0.2) is 0 Å². The zero-order chi connectivity index (χ0) is 53.4. The summed E-state index contributed by atoms with van der Waals surface area (Å²) in [6.45, 7) is 16.5. The first kappa shape index (κ1) is 61.9. The van der Waals surface area contributed by atoms with Crippen LogP contribution in [0.1, 0.15) is 121 Å². The van der Waals surface area contributed by atoms with Crippen LogP contribution >= 0.6 is 0 Å². The Morgan fingerprint density at radius 3 is 1.73 bits per heavy atom. The highest BCUT2D eigenvalue weighted by Gasteiger charge is 2.40. The van der Waals surface area contributed by atoms with E-state index in [2.05, 4.69) is 47.5 Å². The second kappa shape index (κ2) is 31.2. The van der Waals surface area contributed by atoms with Crippen LogP contribution in [0, 0.1) is 17.8 Å². The summed E-state index contributed by atoms with van der Waals surface area (Å²) >= 11 is 0. The molecule has 0 saturated carbocycles. The van der Waals surface area contributed by atoms with Crippen molar-refractivity contribution in [1.82, 2.24) is 52.3 Å². The lowest BCUT2D eigenvalue weighted by Crippen LogP contribution is -2.63. The number of carbonyl (C=O) groups is 10. The maximum Gasteiger partial charge on any atom is 0.245 e. The maximum atomic E-state index is 14.2. The van der Waals surface area contributed by atoms with Crippen molar-refractivity contribution in [2.45, 2.75) is 169 Å². The molecule has 24 nitrogen and oxygen atoms in total. The van der Waals surface area contributed by atoms with Gasteiger partial charge in [0.1, 0.15) is 42.3 Å². The highest BCUT2D eigenvalue weighted by atomic mass is 16.3. The molecule has 10 atom stereocenters. The molecular weight excluding hydrogens is 911 g/mol. The fraction of sp³-hybridized carbons (Fsp3) is 0.761. The molecule has 398 valence electrons. The highest BCUT2D eigenvalue weighted by Crippen LogP contribution is 2.21. The van der Waals surface area contributed by atoms with Gasteiger partial charge in [0.05, 0.1) is 19.2 Å². The number of likely N-dealkylation sites (N-methyl/N-ethyl adjacent to an activating group) is 2. The molecule has 0 unspecified atom stereocenters. The average Bonchev–Trinajstić information content (AvgIpc) is 3.80. The standard InChI is InChI=1S/C46H83N13O11/c1-12-18-30(39(64)55-36(26(7)13-2)42(67)53-31(19-16-21-50-46(47)48)45(70)59-22-17-20-32(59)40(65)49-15-4)52-44(69)38(28(9)60)57-43(68)37(27(8)14-3)56-41(66)35(25(5)6)54-33(62)23-51-34(63)24-58(11)29(10)61/h25-28,30-32,35-38,60H,12-24H2,1-11H3,(H,49,65)(H,51,63)(H,52,69)(H,53,67)(H,54,62)(H,55,64)(H,56,66)(H,57,68)(H4,47,48,50)/t26-,27+,28+,30-,31-,32-,35-,36-,37+,38-/m0/s1. The molecule has 1 aliphatic heterocycles. The molecule has 1 heterocycles. The van der Waals surface area contributed by atoms with E-state index in [0.717, 1.165) is 4.90 Å². The van der Waals surface area contributed by atoms with Crippen LogP contribution in [0.4, 0.5) is 0 Å². The van der Waals surface area contributed by atoms with Gasteiger partial charge >= 0.3 is 0 Å². The summed E-state index contributed by atoms with van der Waals surface area (Å²) in [4.78, 5) is 140. The third-order valence-corrected chi connectivity index (χ3v) is 12.2. The van der Waals surface area contributed by atoms with Gasteiger partial charge in [-0.05, 0) is 63.7 Å². The number of hydrogen-bond donors (Lipinski definition) is 11. The molecule has 10 amide bonds. The molecule has 1 aliphatic rings. The fourth-order valence-corrected chi connectivity index (χ4v) is 7.51. The predicted molar refractivity (Wildman–Crippen MR) is 262 cm³/mol. The van der Waals surface area contributed by atoms with Gasteiger partial charge in [-0.2, -0.15) is 0 Å². The van der Waals surface area contributed by atoms with Crippen LogP contribution in [-0.2, 0) is 47.9 Å². The molecule has 0 aliphatic carbocycles. The van der Waals surface area contributed by atoms with Crippen LogP contribution in [0.15, 0.2) is 4.99 Å². The van der Waals surface area contributed by atoms with Crippen molar-refractivity contribution in [3.63, 3.8) is 0 Å². The molecule has 24 heteroatoms. The van der Waals surface area contributed by atoms with E-state index in [4.69, 9.17) is 11.5 Å². The van der Waals surface area contributed by atoms with Gasteiger partial charge in [0, 0.05) is 33.6 Å². The number of nitrogens with one attached hydrogen (secondary N) is 8. The zero-order valence-corrected chi connectivity index (χ0v) is 43.1. The topological polar surface area (TPSA) is 358 Å². The number of aliphatic hydroxyl groups excluding tert-OH is 1. The van der Waals surface area contributed by atoms with Crippen molar-refractivity contribution < 1.29 is 53.1 Å². The summed E-state index contributed by atoms with van der Waals surface area (Å²) in [5.41, 5.74) is 11.0. The molecule has 0 aromatic carbocycles. The molecule has 0 radical (unpaired) electrons. The molecule has 0 aromatic heterocycles. The van der Waals surface area contributed by atoms with Gasteiger partial charge in [0.15, 0.2) is 5.96 Å². The van der Waals surface area contributed by atoms with Crippen LogP contribution in [-0.4, -0.2) is 168 Å². The van der Waals surface area contributed by atoms with E-state index in [-0.39, 0.29) is 43.7 Å². The van der Waals surface area contributed by atoms with Crippen LogP contribution < -0.4 is 54.0 Å². The van der Waals surface area contributed by atoms with E-state index in [9.17, 15) is 53.1 Å². The largest absolute Gasteiger partial charge is 0.391 e. The monoisotopic (exact) mass is 994 g/mol. The Morgan fingerprint density at radius 2 is 1.21 bits per heavy atom. The normalized spacial score (nSPS) is 17.1. The van der Waals surface area contributed by atoms with Crippen LogP contribution in [0.5, 0.6) is 0 Å². The average molecular weight is 994 g/mol. The molecule has 0 bridgehead atoms. The molecule has 0 aromatic rings. The number of amides is 10. The van der Waals surface area contributed by atoms with Gasteiger partial charge < -0.3 is 68.9 Å². The van der Waals surface area contributed by atoms with E-state index in [0.29, 0.717) is 51.6 Å². The lowest BCUT2D eigenvalue weighted by Gasteiger charge is -2.32. The molecular formula is C46H83N13O11. The number of rotatable bonds is 30. The van der Waals surface area contributed by atoms with Crippen molar-refractivity contribution >= 4 is 65.0 Å². The van der Waals surface area contributed by atoms with Gasteiger partial charge in [0.2, 0.25) is 59.1 Å². The minimum absolute atomic E-state index is 0.0853. The molecule has 70 heavy (non-hydrogen) atoms. The number of nitrogens with zero attached hydrogens (tertiary/aromatic N) is 3. The summed E-state index contributed by atoms with van der Waals surface area (Å²) in [6, 6.07) is -8.31. The number of hydrogen-bond acceptors (Lipinski definition) is 12. The van der Waals surface area contributed by atoms with E-state index in [1.165, 1.54) is 25.8 Å². The van der Waals surface area contributed by atoms with E-state index >= 15 is 0 Å². The van der Waals surface area contributed by atoms with Crippen molar-refractivity contribution in [3.8, 4) is 0 Å². The summed E-state index contributed by atoms with van der Waals surface area (Å²) in [7, 11) is 1.42. The van der Waals surface area contributed by atoms with Gasteiger partial charge in [-0.1, -0.05) is 67.7 Å². The van der Waals surface area contributed by atoms with E-state index in [1.807, 2.05) is 6.92 Å². The third kappa shape index (κ3) is 20.5. The zero-order valence-electron chi connectivity index (χ0n) is 43.1. The Labute approximate surface area is 412 Å². The molecule has 13 N–H and O–H groups in total. The third-order valence-electron chi connectivity index (χ3n) is 12.2. The van der Waals surface area contributed by atoms with Gasteiger partial charge in [-0.15, -0.1) is 0 Å². The number of aliphatic hydroxyl groups is 1. The summed E-state index contributed by atoms with van der Waals surface area (Å²) in [6.07, 6.45) is 1.22. The lowest BCUT2D eigenvalue weighted by molar-refractivity contribution is -0.142. The number of nitrogens with two attached hydrogens (primary N) is 2. The SMILES string of the molecule is CCC[C@H](NC(=O)[C@@H](NC(=O)[C@H](NC(=O)[C@@H](NC(=O)CNC(=O)CN(C)C(C)=O)C(C)C)[C@H](C)CC)[C@@H](C)O)C(=O)N[C@H](C(=O)N[C@@H](CCCN=C(N)N)C(=O)N1CCC[C@H]1C(=O)NCC)[C@@H](C)CC. The first-order valence-corrected chi connectivity index (χ1v) is 24.5. The van der Waals surface area contributed by atoms with Crippen molar-refractivity contribution in [1.29, 1.82) is 0 Å². The van der Waals surface area contributed by atoms with Crippen LogP contribution in [0.25, 0.3) is 0 Å². The minimum atomic E-state index is -1.62. The molecule has 1 saturated heterocycles. The fourth-order valence-electron chi connectivity index (χ4n) is 7.51. The summed E-state index contributed by atoms with van der Waals surface area (Å²) in [5.74, 6) is -7.96. The van der Waals surface area contributed by atoms with Gasteiger partial charge in [-0.3, -0.25) is 52.9 Å². The van der Waals surface area contributed by atoms with E-state index < -0.39 is 120 Å². The molecule has 0 spiro atoms. The molecule has 1 rings (SSSR count). The predicted octanol–water partition coefficient (Wildman–Crippen LogP) is -2.40. The van der Waals surface area contributed by atoms with E-state index in [1.54, 1.807) is 48.5 Å². The Balaban J connectivity index is 3.30. The Hall–Kier alpha value is -6.07. The lowest BCUT2D eigenvalue weighted by atomic mass is 9.95. The number of carbonyl (C=O) groups excluding carboxylic acids is 10. The van der Waals surface area contributed by atoms with Crippen molar-refractivity contribution in [3.05, 3.63) is 0 Å². The van der Waals surface area contributed by atoms with Crippen molar-refractivity contribution in [2.75, 3.05) is 39.8 Å². The van der Waals surface area contributed by atoms with Crippen molar-refractivity contribution in [2.24, 2.45) is 34.2 Å². The summed E-state index contributed by atoms with van der Waals surface area (Å²) in [5, 5.41) is 31.9. The molecule has 1 fully saturated rings. The van der Waals surface area contributed by atoms with Crippen LogP contribution in [0.2, 0.25) is 0 Å². The highest BCUT2D eigenvalue weighted by molar-refractivity contribution is 5.98. The Bertz CT molecular complexity index is 1830. The number of guanidine groups is 1. The van der Waals surface area contributed by atoms with Gasteiger partial charge in [0.25, 0.3) is 0 Å². The second-order valence-corrected chi connectivity index (χ2v) is 18.4. The first-order chi connectivity index (χ1) is 32.8.